The topological polar surface area (TPSA) is 106 Å². The molecule has 1 aromatic heterocycles. The van der Waals surface area contributed by atoms with Crippen molar-refractivity contribution in [3.63, 3.8) is 0 Å². The van der Waals surface area contributed by atoms with Crippen LogP contribution in [0.3, 0.4) is 0 Å². The zero-order chi connectivity index (χ0) is 21.9. The van der Waals surface area contributed by atoms with E-state index in [9.17, 15) is 18.0 Å². The molecular formula is C19H23N3O6S2. The Hall–Kier alpha value is -2.50. The van der Waals surface area contributed by atoms with Gasteiger partial charge in [0.1, 0.15) is 18.4 Å². The number of ether oxygens (including phenoxy) is 2. The van der Waals surface area contributed by atoms with Gasteiger partial charge in [-0.3, -0.25) is 14.5 Å². The van der Waals surface area contributed by atoms with E-state index in [0.717, 1.165) is 6.26 Å². The number of esters is 1. The highest BCUT2D eigenvalue weighted by Crippen LogP contribution is 2.35. The molecule has 9 nitrogen and oxygen atoms in total. The smallest absolute Gasteiger partial charge is 0.324 e. The minimum Gasteiger partial charge on any atom is -0.495 e. The molecule has 1 amide bonds. The molecule has 11 heteroatoms. The van der Waals surface area contributed by atoms with Gasteiger partial charge in [-0.05, 0) is 25.0 Å². The van der Waals surface area contributed by atoms with Gasteiger partial charge in [-0.2, -0.15) is 4.31 Å². The van der Waals surface area contributed by atoms with Crippen LogP contribution in [0.4, 0.5) is 10.8 Å². The summed E-state index contributed by atoms with van der Waals surface area (Å²) in [6, 6.07) is 6.29. The van der Waals surface area contributed by atoms with Gasteiger partial charge >= 0.3 is 5.97 Å². The first kappa shape index (κ1) is 22.2. The van der Waals surface area contributed by atoms with Gasteiger partial charge in [0.05, 0.1) is 24.7 Å². The summed E-state index contributed by atoms with van der Waals surface area (Å²) in [5.74, 6) is -0.314. The maximum atomic E-state index is 12.4. The Morgan fingerprint density at radius 1 is 1.33 bits per heavy atom. The highest BCUT2D eigenvalue weighted by molar-refractivity contribution is 7.88. The summed E-state index contributed by atoms with van der Waals surface area (Å²) in [5.41, 5.74) is 1.02. The van der Waals surface area contributed by atoms with E-state index in [1.807, 2.05) is 0 Å². The summed E-state index contributed by atoms with van der Waals surface area (Å²) in [7, 11) is -1.95. The summed E-state index contributed by atoms with van der Waals surface area (Å²) >= 11 is 1.23. The normalized spacial score (nSPS) is 17.0. The highest BCUT2D eigenvalue weighted by atomic mass is 32.2. The van der Waals surface area contributed by atoms with Crippen LogP contribution < -0.4 is 9.64 Å². The summed E-state index contributed by atoms with van der Waals surface area (Å²) in [6.07, 6.45) is 2.12. The van der Waals surface area contributed by atoms with Crippen LogP contribution in [-0.2, 0) is 31.0 Å². The molecule has 2 aromatic rings. The third-order valence-electron chi connectivity index (χ3n) is 4.64. The molecule has 0 bridgehead atoms. The zero-order valence-electron chi connectivity index (χ0n) is 16.9. The highest BCUT2D eigenvalue weighted by Gasteiger charge is 2.37. The first-order valence-corrected chi connectivity index (χ1v) is 12.0. The molecule has 1 aliphatic heterocycles. The Labute approximate surface area is 179 Å². The van der Waals surface area contributed by atoms with E-state index in [1.165, 1.54) is 34.6 Å². The van der Waals surface area contributed by atoms with Gasteiger partial charge in [-0.1, -0.05) is 12.1 Å². The number of thiazole rings is 1. The number of carbonyl (C=O) groups excluding carboxylic acids is 2. The third-order valence-corrected chi connectivity index (χ3v) is 6.80. The van der Waals surface area contributed by atoms with Crippen molar-refractivity contribution < 1.29 is 27.5 Å². The van der Waals surface area contributed by atoms with Gasteiger partial charge in [0, 0.05) is 18.8 Å². The van der Waals surface area contributed by atoms with E-state index in [-0.39, 0.29) is 12.5 Å². The number of hydrogen-bond donors (Lipinski definition) is 0. The molecular weight excluding hydrogens is 430 g/mol. The van der Waals surface area contributed by atoms with E-state index in [4.69, 9.17) is 9.47 Å². The lowest BCUT2D eigenvalue weighted by Gasteiger charge is -2.20. The van der Waals surface area contributed by atoms with Crippen LogP contribution in [0.15, 0.2) is 29.6 Å². The second-order valence-electron chi connectivity index (χ2n) is 6.79. The van der Waals surface area contributed by atoms with Crippen molar-refractivity contribution in [3.05, 3.63) is 35.3 Å². The number of carbonyl (C=O) groups is 2. The maximum absolute atomic E-state index is 12.4. The van der Waals surface area contributed by atoms with Gasteiger partial charge in [0.2, 0.25) is 15.9 Å². The van der Waals surface area contributed by atoms with Crippen LogP contribution >= 0.6 is 11.3 Å². The van der Waals surface area contributed by atoms with Crippen LogP contribution in [0.2, 0.25) is 0 Å². The molecule has 30 heavy (non-hydrogen) atoms. The number of rotatable bonds is 7. The van der Waals surface area contributed by atoms with Crippen molar-refractivity contribution in [2.24, 2.45) is 0 Å². The summed E-state index contributed by atoms with van der Waals surface area (Å²) in [6.45, 7) is 1.63. The molecule has 0 saturated carbocycles. The fourth-order valence-corrected chi connectivity index (χ4v) is 5.28. The van der Waals surface area contributed by atoms with E-state index in [0.29, 0.717) is 41.6 Å². The van der Waals surface area contributed by atoms with Gasteiger partial charge in [-0.25, -0.2) is 13.4 Å². The molecule has 1 aromatic carbocycles. The van der Waals surface area contributed by atoms with Crippen molar-refractivity contribution in [1.82, 2.24) is 9.29 Å². The second kappa shape index (κ2) is 9.11. The second-order valence-corrected chi connectivity index (χ2v) is 9.56. The minimum absolute atomic E-state index is 0.110. The molecule has 1 atom stereocenters. The molecule has 1 aliphatic rings. The summed E-state index contributed by atoms with van der Waals surface area (Å²) in [5, 5.41) is 2.11. The summed E-state index contributed by atoms with van der Waals surface area (Å²) in [4.78, 5) is 30.5. The maximum Gasteiger partial charge on any atom is 0.324 e. The Kier molecular flexibility index (Phi) is 6.74. The first-order valence-electron chi connectivity index (χ1n) is 9.24. The van der Waals surface area contributed by atoms with E-state index in [2.05, 4.69) is 4.98 Å². The quantitative estimate of drug-likeness (QED) is 0.592. The van der Waals surface area contributed by atoms with Crippen LogP contribution in [0, 0.1) is 0 Å². The van der Waals surface area contributed by atoms with Gasteiger partial charge < -0.3 is 9.47 Å². The van der Waals surface area contributed by atoms with Crippen molar-refractivity contribution in [1.29, 1.82) is 0 Å². The standard InChI is InChI=1S/C19H23N3O6S2/c1-13(23)22(15-7-4-5-9-17(15)27-2)19-20-14(12-29-19)11-28-18(24)16-8-6-10-21(16)30(3,25)26/h4-5,7,9,12,16H,6,8,10-11H2,1-3H3. The number of methoxy groups -OCH3 is 1. The molecule has 0 radical (unpaired) electrons. The van der Waals surface area contributed by atoms with Gasteiger partial charge in [0.15, 0.2) is 5.13 Å². The monoisotopic (exact) mass is 453 g/mol. The number of sulfonamides is 1. The fraction of sp³-hybridized carbons (Fsp3) is 0.421. The van der Waals surface area contributed by atoms with Crippen molar-refractivity contribution in [2.75, 3.05) is 24.8 Å². The number of hydrogen-bond acceptors (Lipinski definition) is 8. The average Bonchev–Trinajstić information content (AvgIpc) is 3.36. The van der Waals surface area contributed by atoms with Gasteiger partial charge in [-0.15, -0.1) is 11.3 Å². The molecule has 0 aliphatic carbocycles. The molecule has 2 heterocycles. The number of anilines is 2. The van der Waals surface area contributed by atoms with E-state index < -0.39 is 22.0 Å². The van der Waals surface area contributed by atoms with Gasteiger partial charge in [0.25, 0.3) is 0 Å². The van der Waals surface area contributed by atoms with Crippen molar-refractivity contribution in [3.8, 4) is 5.75 Å². The Bertz CT molecular complexity index is 1040. The number of aromatic nitrogens is 1. The minimum atomic E-state index is -3.47. The largest absolute Gasteiger partial charge is 0.495 e. The molecule has 1 saturated heterocycles. The lowest BCUT2D eigenvalue weighted by molar-refractivity contribution is -0.148. The molecule has 0 spiro atoms. The van der Waals surface area contributed by atoms with Crippen molar-refractivity contribution >= 4 is 44.1 Å². The lowest BCUT2D eigenvalue weighted by atomic mass is 10.2. The number of nitrogens with zero attached hydrogens (tertiary/aromatic N) is 3. The average molecular weight is 454 g/mol. The van der Waals surface area contributed by atoms with Crippen LogP contribution in [0.25, 0.3) is 0 Å². The summed E-state index contributed by atoms with van der Waals surface area (Å²) < 4.78 is 35.4. The van der Waals surface area contributed by atoms with Crippen molar-refractivity contribution in [2.45, 2.75) is 32.4 Å². The molecule has 1 unspecified atom stereocenters. The Morgan fingerprint density at radius 2 is 2.07 bits per heavy atom. The predicted molar refractivity (Wildman–Crippen MR) is 112 cm³/mol. The van der Waals surface area contributed by atoms with Crippen LogP contribution in [0.5, 0.6) is 5.75 Å². The fourth-order valence-electron chi connectivity index (χ4n) is 3.30. The molecule has 162 valence electrons. The number of benzene rings is 1. The SMILES string of the molecule is COc1ccccc1N(C(C)=O)c1nc(COC(=O)C2CCCN2S(C)(=O)=O)cs1. The number of amides is 1. The van der Waals surface area contributed by atoms with Crippen LogP contribution in [0.1, 0.15) is 25.5 Å². The first-order chi connectivity index (χ1) is 14.2. The predicted octanol–water partition coefficient (Wildman–Crippen LogP) is 2.30. The third kappa shape index (κ3) is 4.79. The van der Waals surface area contributed by atoms with Crippen LogP contribution in [-0.4, -0.2) is 55.5 Å². The van der Waals surface area contributed by atoms with E-state index >= 15 is 0 Å². The number of para-hydroxylation sites is 2. The molecule has 0 N–H and O–H groups in total. The Morgan fingerprint density at radius 3 is 2.73 bits per heavy atom. The van der Waals surface area contributed by atoms with E-state index in [1.54, 1.807) is 29.6 Å². The molecule has 3 rings (SSSR count). The zero-order valence-corrected chi connectivity index (χ0v) is 18.5. The molecule has 1 fully saturated rings. The lowest BCUT2D eigenvalue weighted by Crippen LogP contribution is -2.40. The Balaban J connectivity index is 1.72.